The van der Waals surface area contributed by atoms with Crippen LogP contribution in [0.25, 0.3) is 0 Å². The Hall–Kier alpha value is -2.49. The number of primary amides is 1. The molecule has 0 spiro atoms. The highest BCUT2D eigenvalue weighted by molar-refractivity contribution is 5.95. The standard InChI is InChI=1S/C13H12N2O2/c14-10-6-2-4-8-12(10)17-11-7-3-1-5-9(11)13(15)16/h1-8H,14H2,(H2,15,16). The lowest BCUT2D eigenvalue weighted by Gasteiger charge is -2.10. The van der Waals surface area contributed by atoms with E-state index in [1.54, 1.807) is 42.5 Å². The minimum absolute atomic E-state index is 0.329. The molecule has 0 aromatic heterocycles. The molecule has 4 nitrogen and oxygen atoms in total. The predicted octanol–water partition coefficient (Wildman–Crippen LogP) is 2.16. The number of hydrogen-bond acceptors (Lipinski definition) is 3. The topological polar surface area (TPSA) is 78.3 Å². The number of nitrogens with two attached hydrogens (primary N) is 2. The summed E-state index contributed by atoms with van der Waals surface area (Å²) in [5, 5.41) is 0. The van der Waals surface area contributed by atoms with E-state index in [9.17, 15) is 4.79 Å². The molecule has 0 aliphatic rings. The van der Waals surface area contributed by atoms with Crippen LogP contribution in [0.3, 0.4) is 0 Å². The molecule has 0 atom stereocenters. The van der Waals surface area contributed by atoms with Crippen molar-refractivity contribution in [3.05, 3.63) is 54.1 Å². The van der Waals surface area contributed by atoms with Gasteiger partial charge in [0.1, 0.15) is 11.5 Å². The van der Waals surface area contributed by atoms with E-state index in [1.165, 1.54) is 0 Å². The summed E-state index contributed by atoms with van der Waals surface area (Å²) in [6, 6.07) is 13.8. The molecule has 86 valence electrons. The normalized spacial score (nSPS) is 9.88. The highest BCUT2D eigenvalue weighted by Gasteiger charge is 2.10. The number of carbonyl (C=O) groups is 1. The van der Waals surface area contributed by atoms with Crippen LogP contribution in [0.1, 0.15) is 10.4 Å². The Balaban J connectivity index is 2.37. The summed E-state index contributed by atoms with van der Waals surface area (Å²) in [4.78, 5) is 11.2. The quantitative estimate of drug-likeness (QED) is 0.790. The summed E-state index contributed by atoms with van der Waals surface area (Å²) < 4.78 is 5.58. The molecule has 0 aliphatic heterocycles. The van der Waals surface area contributed by atoms with Crippen LogP contribution >= 0.6 is 0 Å². The van der Waals surface area contributed by atoms with Gasteiger partial charge in [0, 0.05) is 0 Å². The van der Waals surface area contributed by atoms with E-state index in [-0.39, 0.29) is 0 Å². The van der Waals surface area contributed by atoms with Crippen molar-refractivity contribution in [1.29, 1.82) is 0 Å². The molecule has 0 saturated heterocycles. The Bertz CT molecular complexity index is 553. The van der Waals surface area contributed by atoms with E-state index in [2.05, 4.69) is 0 Å². The van der Waals surface area contributed by atoms with Crippen molar-refractivity contribution in [1.82, 2.24) is 0 Å². The van der Waals surface area contributed by atoms with E-state index in [0.717, 1.165) is 0 Å². The highest BCUT2D eigenvalue weighted by atomic mass is 16.5. The third-order valence-corrected chi connectivity index (χ3v) is 2.29. The van der Waals surface area contributed by atoms with Gasteiger partial charge in [-0.1, -0.05) is 24.3 Å². The van der Waals surface area contributed by atoms with Crippen molar-refractivity contribution in [3.63, 3.8) is 0 Å². The van der Waals surface area contributed by atoms with Crippen molar-refractivity contribution in [2.45, 2.75) is 0 Å². The molecule has 17 heavy (non-hydrogen) atoms. The van der Waals surface area contributed by atoms with Gasteiger partial charge >= 0.3 is 0 Å². The van der Waals surface area contributed by atoms with Gasteiger partial charge in [-0.2, -0.15) is 0 Å². The van der Waals surface area contributed by atoms with Crippen LogP contribution in [-0.2, 0) is 0 Å². The zero-order valence-electron chi connectivity index (χ0n) is 9.09. The molecule has 1 amide bonds. The molecule has 4 N–H and O–H groups in total. The molecule has 2 rings (SSSR count). The van der Waals surface area contributed by atoms with Gasteiger partial charge in [0.05, 0.1) is 11.3 Å². The van der Waals surface area contributed by atoms with Crippen molar-refractivity contribution in [3.8, 4) is 11.5 Å². The van der Waals surface area contributed by atoms with Crippen LogP contribution in [0.4, 0.5) is 5.69 Å². The summed E-state index contributed by atoms with van der Waals surface area (Å²) in [5.74, 6) is 0.370. The fraction of sp³-hybridized carbons (Fsp3) is 0. The number of amides is 1. The van der Waals surface area contributed by atoms with Gasteiger partial charge in [0.15, 0.2) is 0 Å². The van der Waals surface area contributed by atoms with Gasteiger partial charge in [0.25, 0.3) is 5.91 Å². The number of nitrogen functional groups attached to an aromatic ring is 1. The average molecular weight is 228 g/mol. The fourth-order valence-electron chi connectivity index (χ4n) is 1.45. The zero-order valence-corrected chi connectivity index (χ0v) is 9.09. The Morgan fingerprint density at radius 3 is 2.18 bits per heavy atom. The number of ether oxygens (including phenoxy) is 1. The summed E-state index contributed by atoms with van der Waals surface area (Å²) in [7, 11) is 0. The van der Waals surface area contributed by atoms with Crippen LogP contribution in [0.2, 0.25) is 0 Å². The summed E-state index contributed by atoms with van der Waals surface area (Å²) in [5.41, 5.74) is 11.8. The molecule has 0 aliphatic carbocycles. The Labute approximate surface area is 98.8 Å². The third kappa shape index (κ3) is 2.36. The first-order valence-corrected chi connectivity index (χ1v) is 5.09. The van der Waals surface area contributed by atoms with Gasteiger partial charge in [-0.05, 0) is 24.3 Å². The smallest absolute Gasteiger partial charge is 0.252 e. The molecule has 0 fully saturated rings. The van der Waals surface area contributed by atoms with Crippen molar-refractivity contribution < 1.29 is 9.53 Å². The average Bonchev–Trinajstić information content (AvgIpc) is 2.32. The third-order valence-electron chi connectivity index (χ3n) is 2.29. The lowest BCUT2D eigenvalue weighted by Crippen LogP contribution is -2.12. The Morgan fingerprint density at radius 2 is 1.53 bits per heavy atom. The molecule has 0 radical (unpaired) electrons. The van der Waals surface area contributed by atoms with Crippen LogP contribution in [0.15, 0.2) is 48.5 Å². The van der Waals surface area contributed by atoms with Gasteiger partial charge < -0.3 is 16.2 Å². The van der Waals surface area contributed by atoms with E-state index in [4.69, 9.17) is 16.2 Å². The largest absolute Gasteiger partial charge is 0.454 e. The van der Waals surface area contributed by atoms with Crippen LogP contribution in [-0.4, -0.2) is 5.91 Å². The summed E-state index contributed by atoms with van der Waals surface area (Å²) in [6.07, 6.45) is 0. The number of para-hydroxylation sites is 3. The maximum absolute atomic E-state index is 11.2. The molecule has 0 unspecified atom stereocenters. The second-order valence-corrected chi connectivity index (χ2v) is 3.50. The van der Waals surface area contributed by atoms with Gasteiger partial charge in [-0.25, -0.2) is 0 Å². The number of anilines is 1. The molecular formula is C13H12N2O2. The minimum Gasteiger partial charge on any atom is -0.454 e. The van der Waals surface area contributed by atoms with Crippen molar-refractivity contribution in [2.75, 3.05) is 5.73 Å². The van der Waals surface area contributed by atoms with Crippen molar-refractivity contribution in [2.24, 2.45) is 5.73 Å². The van der Waals surface area contributed by atoms with E-state index in [1.807, 2.05) is 6.07 Å². The summed E-state index contributed by atoms with van der Waals surface area (Å²) in [6.45, 7) is 0. The fourth-order valence-corrected chi connectivity index (χ4v) is 1.45. The maximum atomic E-state index is 11.2. The lowest BCUT2D eigenvalue weighted by molar-refractivity contribution is 0.0998. The van der Waals surface area contributed by atoms with E-state index in [0.29, 0.717) is 22.7 Å². The van der Waals surface area contributed by atoms with Crippen LogP contribution in [0, 0.1) is 0 Å². The van der Waals surface area contributed by atoms with Gasteiger partial charge in [0.2, 0.25) is 0 Å². The van der Waals surface area contributed by atoms with Crippen molar-refractivity contribution >= 4 is 11.6 Å². The molecular weight excluding hydrogens is 216 g/mol. The second-order valence-electron chi connectivity index (χ2n) is 3.50. The van der Waals surface area contributed by atoms with Gasteiger partial charge in [-0.15, -0.1) is 0 Å². The second kappa shape index (κ2) is 4.57. The molecule has 4 heteroatoms. The monoisotopic (exact) mass is 228 g/mol. The highest BCUT2D eigenvalue weighted by Crippen LogP contribution is 2.28. The number of carbonyl (C=O) groups excluding carboxylic acids is 1. The first-order chi connectivity index (χ1) is 8.18. The van der Waals surface area contributed by atoms with Crippen LogP contribution < -0.4 is 16.2 Å². The van der Waals surface area contributed by atoms with Crippen LogP contribution in [0.5, 0.6) is 11.5 Å². The molecule has 2 aromatic rings. The number of rotatable bonds is 3. The predicted molar refractivity (Wildman–Crippen MR) is 65.9 cm³/mol. The Morgan fingerprint density at radius 1 is 0.941 bits per heavy atom. The van der Waals surface area contributed by atoms with Gasteiger partial charge in [-0.3, -0.25) is 4.79 Å². The lowest BCUT2D eigenvalue weighted by atomic mass is 10.2. The maximum Gasteiger partial charge on any atom is 0.252 e. The molecule has 0 saturated carbocycles. The summed E-state index contributed by atoms with van der Waals surface area (Å²) >= 11 is 0. The molecule has 0 bridgehead atoms. The SMILES string of the molecule is NC(=O)c1ccccc1Oc1ccccc1N. The number of hydrogen-bond donors (Lipinski definition) is 2. The number of benzene rings is 2. The van der Waals surface area contributed by atoms with E-state index < -0.39 is 5.91 Å². The Kier molecular flexibility index (Phi) is 2.96. The minimum atomic E-state index is -0.532. The molecule has 2 aromatic carbocycles. The zero-order chi connectivity index (χ0) is 12.3. The first-order valence-electron chi connectivity index (χ1n) is 5.09. The van der Waals surface area contributed by atoms with E-state index >= 15 is 0 Å². The first kappa shape index (κ1) is 11.0. The molecule has 0 heterocycles.